The van der Waals surface area contributed by atoms with Gasteiger partial charge >= 0.3 is 6.03 Å². The van der Waals surface area contributed by atoms with Crippen molar-refractivity contribution in [2.24, 2.45) is 0 Å². The molecule has 7 heteroatoms. The maximum atomic E-state index is 11.7. The average molecular weight is 315 g/mol. The zero-order chi connectivity index (χ0) is 16.1. The van der Waals surface area contributed by atoms with Gasteiger partial charge in [0.25, 0.3) is 0 Å². The van der Waals surface area contributed by atoms with Gasteiger partial charge in [0.1, 0.15) is 12.2 Å². The van der Waals surface area contributed by atoms with E-state index in [-0.39, 0.29) is 30.8 Å². The van der Waals surface area contributed by atoms with Gasteiger partial charge < -0.3 is 25.6 Å². The number of ether oxygens (including phenoxy) is 1. The van der Waals surface area contributed by atoms with Gasteiger partial charge in [-0.15, -0.1) is 0 Å². The van der Waals surface area contributed by atoms with Crippen molar-refractivity contribution in [3.05, 3.63) is 0 Å². The SMILES string of the molecule is CC(C)NC(=O)NCC1OC(CO)C(O)C1N1CCCCC1. The van der Waals surface area contributed by atoms with Crippen molar-refractivity contribution in [1.29, 1.82) is 0 Å². The third kappa shape index (κ3) is 4.32. The minimum atomic E-state index is -0.719. The lowest BCUT2D eigenvalue weighted by atomic mass is 9.99. The van der Waals surface area contributed by atoms with Gasteiger partial charge in [-0.25, -0.2) is 4.79 Å². The second-order valence-electron chi connectivity index (χ2n) is 6.48. The summed E-state index contributed by atoms with van der Waals surface area (Å²) in [5.74, 6) is 0. The molecule has 2 fully saturated rings. The number of hydrogen-bond acceptors (Lipinski definition) is 5. The first kappa shape index (κ1) is 17.5. The second-order valence-corrected chi connectivity index (χ2v) is 6.48. The van der Waals surface area contributed by atoms with Crippen LogP contribution in [-0.2, 0) is 4.74 Å². The van der Waals surface area contributed by atoms with Crippen LogP contribution in [0.4, 0.5) is 4.79 Å². The standard InChI is InChI=1S/C15H29N3O4/c1-10(2)17-15(21)16-8-11-13(14(20)12(9-19)22-11)18-6-4-3-5-7-18/h10-14,19-20H,3-9H2,1-2H3,(H2,16,17,21). The van der Waals surface area contributed by atoms with E-state index in [0.717, 1.165) is 25.9 Å². The number of rotatable bonds is 5. The van der Waals surface area contributed by atoms with Crippen LogP contribution in [0, 0.1) is 0 Å². The molecule has 0 aromatic carbocycles. The number of piperidine rings is 1. The van der Waals surface area contributed by atoms with Gasteiger partial charge in [0.05, 0.1) is 18.8 Å². The normalized spacial score (nSPS) is 33.1. The van der Waals surface area contributed by atoms with Crippen LogP contribution in [0.1, 0.15) is 33.1 Å². The first-order chi connectivity index (χ1) is 10.5. The summed E-state index contributed by atoms with van der Waals surface area (Å²) in [7, 11) is 0. The Bertz CT molecular complexity index is 361. The lowest BCUT2D eigenvalue weighted by molar-refractivity contribution is -0.0206. The summed E-state index contributed by atoms with van der Waals surface area (Å²) < 4.78 is 5.76. The first-order valence-corrected chi connectivity index (χ1v) is 8.25. The van der Waals surface area contributed by atoms with Gasteiger partial charge in [0.2, 0.25) is 0 Å². The molecule has 2 heterocycles. The number of urea groups is 1. The molecule has 7 nitrogen and oxygen atoms in total. The fourth-order valence-corrected chi connectivity index (χ4v) is 3.32. The molecule has 22 heavy (non-hydrogen) atoms. The Morgan fingerprint density at radius 1 is 1.27 bits per heavy atom. The predicted octanol–water partition coefficient (Wildman–Crippen LogP) is -0.331. The average Bonchev–Trinajstić information content (AvgIpc) is 2.81. The van der Waals surface area contributed by atoms with Gasteiger partial charge in [-0.05, 0) is 39.8 Å². The highest BCUT2D eigenvalue weighted by atomic mass is 16.5. The lowest BCUT2D eigenvalue weighted by Crippen LogP contribution is -2.53. The topological polar surface area (TPSA) is 94.1 Å². The Hall–Kier alpha value is -0.890. The van der Waals surface area contributed by atoms with E-state index >= 15 is 0 Å². The van der Waals surface area contributed by atoms with Crippen LogP contribution in [0.3, 0.4) is 0 Å². The number of aliphatic hydroxyl groups excluding tert-OH is 2. The highest BCUT2D eigenvalue weighted by molar-refractivity contribution is 5.74. The summed E-state index contributed by atoms with van der Waals surface area (Å²) in [4.78, 5) is 14.0. The van der Waals surface area contributed by atoms with Crippen LogP contribution >= 0.6 is 0 Å². The monoisotopic (exact) mass is 315 g/mol. The molecule has 2 aliphatic heterocycles. The summed E-state index contributed by atoms with van der Waals surface area (Å²) >= 11 is 0. The van der Waals surface area contributed by atoms with Gasteiger partial charge in [-0.2, -0.15) is 0 Å². The van der Waals surface area contributed by atoms with E-state index in [2.05, 4.69) is 15.5 Å². The number of carbonyl (C=O) groups is 1. The molecular weight excluding hydrogens is 286 g/mol. The van der Waals surface area contributed by atoms with E-state index in [0.29, 0.717) is 6.54 Å². The fraction of sp³-hybridized carbons (Fsp3) is 0.933. The Morgan fingerprint density at radius 3 is 2.55 bits per heavy atom. The largest absolute Gasteiger partial charge is 0.394 e. The molecule has 4 unspecified atom stereocenters. The van der Waals surface area contributed by atoms with Crippen LogP contribution in [0.2, 0.25) is 0 Å². The van der Waals surface area contributed by atoms with Crippen molar-refractivity contribution in [1.82, 2.24) is 15.5 Å². The number of likely N-dealkylation sites (tertiary alicyclic amines) is 1. The summed E-state index contributed by atoms with van der Waals surface area (Å²) in [6.07, 6.45) is 1.84. The Labute approximate surface area is 132 Å². The molecule has 0 aromatic heterocycles. The van der Waals surface area contributed by atoms with Gasteiger partial charge in [0, 0.05) is 12.6 Å². The summed E-state index contributed by atoms with van der Waals surface area (Å²) in [5, 5.41) is 25.4. The van der Waals surface area contributed by atoms with Crippen molar-refractivity contribution in [2.45, 2.75) is 63.5 Å². The summed E-state index contributed by atoms with van der Waals surface area (Å²) in [6.45, 7) is 5.77. The highest BCUT2D eigenvalue weighted by Crippen LogP contribution is 2.27. The minimum absolute atomic E-state index is 0.0677. The molecule has 0 spiro atoms. The Balaban J connectivity index is 1.95. The molecule has 0 saturated carbocycles. The molecule has 2 amide bonds. The molecule has 4 N–H and O–H groups in total. The van der Waals surface area contributed by atoms with Crippen LogP contribution in [0.5, 0.6) is 0 Å². The maximum Gasteiger partial charge on any atom is 0.315 e. The Kier molecular flexibility index (Phi) is 6.43. The van der Waals surface area contributed by atoms with Crippen molar-refractivity contribution in [3.8, 4) is 0 Å². The number of carbonyl (C=O) groups excluding carboxylic acids is 1. The van der Waals surface area contributed by atoms with E-state index in [1.165, 1.54) is 6.42 Å². The van der Waals surface area contributed by atoms with Gasteiger partial charge in [-0.1, -0.05) is 6.42 Å². The highest BCUT2D eigenvalue weighted by Gasteiger charge is 2.46. The van der Waals surface area contributed by atoms with Gasteiger partial charge in [-0.3, -0.25) is 4.90 Å². The zero-order valence-corrected chi connectivity index (χ0v) is 13.5. The van der Waals surface area contributed by atoms with E-state index in [1.54, 1.807) is 0 Å². The summed E-state index contributed by atoms with van der Waals surface area (Å²) in [6, 6.07) is -0.340. The van der Waals surface area contributed by atoms with Crippen molar-refractivity contribution >= 4 is 6.03 Å². The first-order valence-electron chi connectivity index (χ1n) is 8.25. The van der Waals surface area contributed by atoms with Crippen molar-refractivity contribution in [3.63, 3.8) is 0 Å². The second kappa shape index (κ2) is 8.10. The van der Waals surface area contributed by atoms with Crippen molar-refractivity contribution < 1.29 is 19.7 Å². The molecule has 0 aliphatic carbocycles. The van der Waals surface area contributed by atoms with E-state index in [9.17, 15) is 15.0 Å². The van der Waals surface area contributed by atoms with Crippen molar-refractivity contribution in [2.75, 3.05) is 26.2 Å². The number of hydrogen-bond donors (Lipinski definition) is 4. The molecule has 128 valence electrons. The molecule has 0 radical (unpaired) electrons. The molecule has 2 rings (SSSR count). The van der Waals surface area contributed by atoms with E-state index in [4.69, 9.17) is 4.74 Å². The van der Waals surface area contributed by atoms with Crippen LogP contribution in [0.15, 0.2) is 0 Å². The Morgan fingerprint density at radius 2 is 1.95 bits per heavy atom. The quantitative estimate of drug-likeness (QED) is 0.557. The number of amides is 2. The number of nitrogens with one attached hydrogen (secondary N) is 2. The number of aliphatic hydroxyl groups is 2. The molecule has 0 aromatic rings. The smallest absolute Gasteiger partial charge is 0.315 e. The minimum Gasteiger partial charge on any atom is -0.394 e. The molecule has 2 aliphatic rings. The van der Waals surface area contributed by atoms with Crippen LogP contribution < -0.4 is 10.6 Å². The maximum absolute atomic E-state index is 11.7. The molecule has 2 saturated heterocycles. The predicted molar refractivity (Wildman–Crippen MR) is 82.6 cm³/mol. The third-order valence-corrected chi connectivity index (χ3v) is 4.34. The fourth-order valence-electron chi connectivity index (χ4n) is 3.32. The molecule has 4 atom stereocenters. The van der Waals surface area contributed by atoms with E-state index < -0.39 is 12.2 Å². The lowest BCUT2D eigenvalue weighted by Gasteiger charge is -2.36. The zero-order valence-electron chi connectivity index (χ0n) is 13.5. The van der Waals surface area contributed by atoms with Gasteiger partial charge in [0.15, 0.2) is 0 Å². The van der Waals surface area contributed by atoms with Crippen LogP contribution in [-0.4, -0.2) is 77.8 Å². The number of nitrogens with zero attached hydrogens (tertiary/aromatic N) is 1. The van der Waals surface area contributed by atoms with Crippen LogP contribution in [0.25, 0.3) is 0 Å². The third-order valence-electron chi connectivity index (χ3n) is 4.34. The molecular formula is C15H29N3O4. The summed E-state index contributed by atoms with van der Waals surface area (Å²) in [5.41, 5.74) is 0. The molecule has 0 bridgehead atoms. The van der Waals surface area contributed by atoms with E-state index in [1.807, 2.05) is 13.8 Å².